The van der Waals surface area contributed by atoms with Crippen LogP contribution in [0.15, 0.2) is 37.3 Å². The van der Waals surface area contributed by atoms with Crippen LogP contribution in [0.1, 0.15) is 48.7 Å². The van der Waals surface area contributed by atoms with Gasteiger partial charge >= 0.3 is 0 Å². The fraction of sp³-hybridized carbons (Fsp3) is 0.381. The zero-order valence-corrected chi connectivity index (χ0v) is 16.4. The number of aromatic nitrogens is 5. The number of nitrogens with zero attached hydrogens (tertiary/aromatic N) is 5. The molecule has 2 aromatic heterocycles. The van der Waals surface area contributed by atoms with E-state index in [0.29, 0.717) is 18.9 Å². The third kappa shape index (κ3) is 4.21. The largest absolute Gasteiger partial charge is 0.353 e. The van der Waals surface area contributed by atoms with Gasteiger partial charge in [-0.05, 0) is 37.5 Å². The van der Waals surface area contributed by atoms with Gasteiger partial charge in [-0.15, -0.1) is 5.10 Å². The molecule has 0 bridgehead atoms. The molecule has 4 rings (SSSR count). The molecule has 1 aliphatic rings. The van der Waals surface area contributed by atoms with Crippen LogP contribution in [-0.4, -0.2) is 30.9 Å². The molecular formula is C21H24F2N6. The van der Waals surface area contributed by atoms with Crippen LogP contribution < -0.4 is 5.32 Å². The lowest BCUT2D eigenvalue weighted by Gasteiger charge is -2.14. The minimum absolute atomic E-state index is 0.0976. The van der Waals surface area contributed by atoms with E-state index in [1.165, 1.54) is 12.1 Å². The molecule has 29 heavy (non-hydrogen) atoms. The minimum atomic E-state index is -0.834. The second-order valence-electron chi connectivity index (χ2n) is 7.40. The van der Waals surface area contributed by atoms with Gasteiger partial charge in [-0.25, -0.2) is 18.4 Å². The van der Waals surface area contributed by atoms with Crippen LogP contribution in [0.3, 0.4) is 0 Å². The summed E-state index contributed by atoms with van der Waals surface area (Å²) in [6.45, 7) is 7.43. The molecule has 0 spiro atoms. The highest BCUT2D eigenvalue weighted by Gasteiger charge is 2.25. The van der Waals surface area contributed by atoms with Gasteiger partial charge in [0.15, 0.2) is 11.6 Å². The highest BCUT2D eigenvalue weighted by molar-refractivity contribution is 5.42. The second-order valence-corrected chi connectivity index (χ2v) is 7.40. The third-order valence-electron chi connectivity index (χ3n) is 5.24. The zero-order valence-electron chi connectivity index (χ0n) is 16.4. The van der Waals surface area contributed by atoms with Crippen molar-refractivity contribution in [2.45, 2.75) is 45.1 Å². The monoisotopic (exact) mass is 398 g/mol. The topological polar surface area (TPSA) is 60.6 Å². The second kappa shape index (κ2) is 8.14. The molecule has 1 atom stereocenters. The molecule has 152 valence electrons. The summed E-state index contributed by atoms with van der Waals surface area (Å²) in [6, 6.07) is 4.09. The molecular weight excluding hydrogens is 374 g/mol. The number of anilines is 1. The van der Waals surface area contributed by atoms with Crippen LogP contribution in [0.2, 0.25) is 0 Å². The first kappa shape index (κ1) is 19.3. The molecule has 1 N–H and O–H groups in total. The molecule has 0 saturated heterocycles. The summed E-state index contributed by atoms with van der Waals surface area (Å²) in [5.74, 6) is -0.423. The highest BCUT2D eigenvalue weighted by Crippen LogP contribution is 2.32. The normalized spacial score (nSPS) is 16.3. The van der Waals surface area contributed by atoms with Gasteiger partial charge in [0.25, 0.3) is 0 Å². The number of nitrogens with one attached hydrogen (secondary N) is 1. The van der Waals surface area contributed by atoms with E-state index in [1.807, 2.05) is 22.4 Å². The van der Waals surface area contributed by atoms with Crippen molar-refractivity contribution in [2.75, 3.05) is 11.9 Å². The zero-order chi connectivity index (χ0) is 20.4. The number of halogens is 2. The first-order chi connectivity index (χ1) is 14.0. The van der Waals surface area contributed by atoms with Crippen molar-refractivity contribution in [3.8, 4) is 0 Å². The van der Waals surface area contributed by atoms with E-state index in [0.717, 1.165) is 48.6 Å². The molecule has 0 radical (unpaired) electrons. The summed E-state index contributed by atoms with van der Waals surface area (Å²) < 4.78 is 30.9. The maximum Gasteiger partial charge on any atom is 0.242 e. The van der Waals surface area contributed by atoms with Crippen LogP contribution in [0.5, 0.6) is 0 Å². The van der Waals surface area contributed by atoms with Crippen LogP contribution in [0, 0.1) is 18.6 Å². The van der Waals surface area contributed by atoms with Crippen molar-refractivity contribution in [1.29, 1.82) is 0 Å². The number of imidazole rings is 1. The lowest BCUT2D eigenvalue weighted by molar-refractivity contribution is 0.504. The number of rotatable bonds is 6. The summed E-state index contributed by atoms with van der Waals surface area (Å²) in [7, 11) is 0. The number of hydrogen-bond acceptors (Lipinski definition) is 4. The molecule has 6 nitrogen and oxygen atoms in total. The van der Waals surface area contributed by atoms with E-state index in [2.05, 4.69) is 27.0 Å². The average Bonchev–Trinajstić information content (AvgIpc) is 3.26. The van der Waals surface area contributed by atoms with Gasteiger partial charge in [-0.1, -0.05) is 19.1 Å². The van der Waals surface area contributed by atoms with E-state index in [1.54, 1.807) is 12.4 Å². The molecule has 0 amide bonds. The Bertz CT molecular complexity index is 1020. The molecule has 0 unspecified atom stereocenters. The van der Waals surface area contributed by atoms with Crippen molar-refractivity contribution < 1.29 is 8.78 Å². The van der Waals surface area contributed by atoms with Gasteiger partial charge < -0.3 is 9.88 Å². The maximum atomic E-state index is 13.8. The molecule has 3 aromatic rings. The molecule has 8 heteroatoms. The number of hydrogen-bond donors (Lipinski definition) is 1. The van der Waals surface area contributed by atoms with Gasteiger partial charge in [0, 0.05) is 37.3 Å². The number of aryl methyl sites for hydroxylation is 2. The number of fused-ring (bicyclic) bond motifs is 1. The maximum absolute atomic E-state index is 13.8. The third-order valence-corrected chi connectivity index (χ3v) is 5.24. The average molecular weight is 398 g/mol. The van der Waals surface area contributed by atoms with Gasteiger partial charge in [-0.3, -0.25) is 0 Å². The Balaban J connectivity index is 1.47. The molecule has 1 aliphatic heterocycles. The van der Waals surface area contributed by atoms with Gasteiger partial charge in [0.05, 0.1) is 12.0 Å². The first-order valence-corrected chi connectivity index (χ1v) is 9.83. The lowest BCUT2D eigenvalue weighted by Crippen LogP contribution is -2.09. The van der Waals surface area contributed by atoms with Crippen molar-refractivity contribution in [3.63, 3.8) is 0 Å². The molecule has 1 aromatic carbocycles. The Morgan fingerprint density at radius 3 is 2.90 bits per heavy atom. The molecule has 0 fully saturated rings. The van der Waals surface area contributed by atoms with E-state index >= 15 is 0 Å². The molecule has 0 saturated carbocycles. The highest BCUT2D eigenvalue weighted by atomic mass is 19.2. The Labute approximate surface area is 168 Å². The Morgan fingerprint density at radius 2 is 2.14 bits per heavy atom. The van der Waals surface area contributed by atoms with Crippen LogP contribution in [0.4, 0.5) is 14.7 Å². The van der Waals surface area contributed by atoms with Gasteiger partial charge in [0.2, 0.25) is 5.95 Å². The van der Waals surface area contributed by atoms with E-state index in [9.17, 15) is 8.78 Å². The predicted octanol–water partition coefficient (Wildman–Crippen LogP) is 4.35. The Kier molecular flexibility index (Phi) is 5.42. The summed E-state index contributed by atoms with van der Waals surface area (Å²) in [5.41, 5.74) is 2.61. The summed E-state index contributed by atoms with van der Waals surface area (Å²) in [6.07, 6.45) is 7.20. The summed E-state index contributed by atoms with van der Waals surface area (Å²) in [4.78, 5) is 8.88. The Hall–Kier alpha value is -3.03. The summed E-state index contributed by atoms with van der Waals surface area (Å²) >= 11 is 0. The van der Waals surface area contributed by atoms with Crippen LogP contribution in [0.25, 0.3) is 5.70 Å². The van der Waals surface area contributed by atoms with Gasteiger partial charge in [0.1, 0.15) is 5.82 Å². The predicted molar refractivity (Wildman–Crippen MR) is 107 cm³/mol. The van der Waals surface area contributed by atoms with E-state index in [4.69, 9.17) is 0 Å². The SMILES string of the molecule is C=C(CCNc1nc2n(n1)CCCC[C@@H]2c1ccc(F)c(F)c1)n1cnc(C)c1. The van der Waals surface area contributed by atoms with Crippen LogP contribution >= 0.6 is 0 Å². The minimum Gasteiger partial charge on any atom is -0.353 e. The smallest absolute Gasteiger partial charge is 0.242 e. The molecule has 0 aliphatic carbocycles. The molecule has 3 heterocycles. The van der Waals surface area contributed by atoms with Crippen molar-refractivity contribution in [2.24, 2.45) is 0 Å². The van der Waals surface area contributed by atoms with Crippen molar-refractivity contribution in [3.05, 3.63) is 66.0 Å². The lowest BCUT2D eigenvalue weighted by atomic mass is 9.93. The van der Waals surface area contributed by atoms with E-state index < -0.39 is 11.6 Å². The fourth-order valence-electron chi connectivity index (χ4n) is 3.68. The quantitative estimate of drug-likeness (QED) is 0.671. The summed E-state index contributed by atoms with van der Waals surface area (Å²) in [5, 5.41) is 7.83. The fourth-order valence-corrected chi connectivity index (χ4v) is 3.68. The van der Waals surface area contributed by atoms with Crippen LogP contribution in [-0.2, 0) is 6.54 Å². The van der Waals surface area contributed by atoms with Gasteiger partial charge in [-0.2, -0.15) is 4.98 Å². The Morgan fingerprint density at radius 1 is 1.28 bits per heavy atom. The first-order valence-electron chi connectivity index (χ1n) is 9.83. The van der Waals surface area contributed by atoms with Crippen molar-refractivity contribution in [1.82, 2.24) is 24.3 Å². The van der Waals surface area contributed by atoms with Crippen molar-refractivity contribution >= 4 is 11.6 Å². The standard InChI is InChI=1S/C21H24F2N6/c1-14-12-28(13-25-14)15(2)8-9-24-21-26-20-17(5-3-4-10-29(20)27-21)16-6-7-18(22)19(23)11-16/h6-7,11-13,17H,2-5,8-10H2,1H3,(H,24,27)/t17-/m1/s1. The number of benzene rings is 1. The van der Waals surface area contributed by atoms with E-state index in [-0.39, 0.29) is 5.92 Å².